The molecule has 0 radical (unpaired) electrons. The predicted octanol–water partition coefficient (Wildman–Crippen LogP) is 6.59. The zero-order valence-corrected chi connectivity index (χ0v) is 19.1. The topological polar surface area (TPSA) is 66.0 Å². The molecule has 0 aliphatic heterocycles. The number of carbonyl (C=O) groups is 1. The van der Waals surface area contributed by atoms with E-state index in [1.165, 1.54) is 6.26 Å². The Kier molecular flexibility index (Phi) is 8.74. The average molecular weight is 487 g/mol. The van der Waals surface area contributed by atoms with Crippen LogP contribution in [0.5, 0.6) is 17.2 Å². The minimum atomic E-state index is -4.68. The van der Waals surface area contributed by atoms with Crippen LogP contribution >= 0.6 is 0 Å². The SMILES string of the molecule is CCCONC(=COc1cc(C(=O)OC)cc(C(F)(F)F)c1)c1cccc(Oc2ccccc2)c1. The van der Waals surface area contributed by atoms with E-state index in [2.05, 4.69) is 10.2 Å². The lowest BCUT2D eigenvalue weighted by Gasteiger charge is -2.14. The van der Waals surface area contributed by atoms with E-state index < -0.39 is 17.7 Å². The van der Waals surface area contributed by atoms with Crippen molar-refractivity contribution in [2.75, 3.05) is 13.7 Å². The van der Waals surface area contributed by atoms with E-state index in [1.54, 1.807) is 24.3 Å². The standard InChI is InChI=1S/C26H24F3NO5/c1-3-12-34-30-24(18-8-7-11-22(14-18)35-21-9-5-4-6-10-21)17-33-23-15-19(25(31)32-2)13-20(16-23)26(27,28)29/h4-11,13-17,30H,3,12H2,1-2H3. The van der Waals surface area contributed by atoms with E-state index in [-0.39, 0.29) is 11.3 Å². The lowest BCUT2D eigenvalue weighted by molar-refractivity contribution is -0.137. The zero-order chi connectivity index (χ0) is 25.3. The van der Waals surface area contributed by atoms with Gasteiger partial charge in [0.25, 0.3) is 0 Å². The maximum atomic E-state index is 13.3. The van der Waals surface area contributed by atoms with Crippen LogP contribution in [0.1, 0.15) is 34.8 Å². The summed E-state index contributed by atoms with van der Waals surface area (Å²) in [4.78, 5) is 17.3. The number of hydroxylamine groups is 1. The van der Waals surface area contributed by atoms with E-state index in [9.17, 15) is 18.0 Å². The van der Waals surface area contributed by atoms with Gasteiger partial charge < -0.3 is 14.2 Å². The molecule has 1 N–H and O–H groups in total. The summed E-state index contributed by atoms with van der Waals surface area (Å²) in [6.45, 7) is 2.31. The van der Waals surface area contributed by atoms with Gasteiger partial charge in [0.15, 0.2) is 0 Å². The highest BCUT2D eigenvalue weighted by molar-refractivity contribution is 5.90. The third kappa shape index (κ3) is 7.51. The molecule has 0 fully saturated rings. The molecule has 0 spiro atoms. The van der Waals surface area contributed by atoms with E-state index in [4.69, 9.17) is 14.3 Å². The van der Waals surface area contributed by atoms with Gasteiger partial charge in [-0.15, -0.1) is 0 Å². The highest BCUT2D eigenvalue weighted by Gasteiger charge is 2.32. The average Bonchev–Trinajstić information content (AvgIpc) is 2.85. The Hall–Kier alpha value is -3.98. The van der Waals surface area contributed by atoms with E-state index >= 15 is 0 Å². The fraction of sp³-hybridized carbons (Fsp3) is 0.192. The van der Waals surface area contributed by atoms with Gasteiger partial charge in [-0.1, -0.05) is 37.3 Å². The van der Waals surface area contributed by atoms with Crippen LogP contribution in [0.25, 0.3) is 5.70 Å². The van der Waals surface area contributed by atoms with Gasteiger partial charge >= 0.3 is 12.1 Å². The van der Waals surface area contributed by atoms with Crippen molar-refractivity contribution in [2.24, 2.45) is 0 Å². The molecule has 0 aromatic heterocycles. The molecule has 0 atom stereocenters. The van der Waals surface area contributed by atoms with Gasteiger partial charge in [0.2, 0.25) is 0 Å². The first-order chi connectivity index (χ1) is 16.8. The lowest BCUT2D eigenvalue weighted by Crippen LogP contribution is -2.15. The smallest absolute Gasteiger partial charge is 0.416 e. The van der Waals surface area contributed by atoms with Crippen LogP contribution < -0.4 is 15.0 Å². The highest BCUT2D eigenvalue weighted by Crippen LogP contribution is 2.33. The number of para-hydroxylation sites is 1. The minimum absolute atomic E-state index is 0.202. The van der Waals surface area contributed by atoms with Crippen LogP contribution in [0.2, 0.25) is 0 Å². The summed E-state index contributed by atoms with van der Waals surface area (Å²) in [6, 6.07) is 18.8. The Morgan fingerprint density at radius 3 is 2.31 bits per heavy atom. The second-order valence-electron chi connectivity index (χ2n) is 7.28. The van der Waals surface area contributed by atoms with E-state index in [0.717, 1.165) is 25.7 Å². The van der Waals surface area contributed by atoms with Crippen molar-refractivity contribution in [1.29, 1.82) is 0 Å². The van der Waals surface area contributed by atoms with Crippen LogP contribution in [-0.4, -0.2) is 19.7 Å². The second kappa shape index (κ2) is 11.9. The van der Waals surface area contributed by atoms with E-state index in [1.807, 2.05) is 37.3 Å². The van der Waals surface area contributed by atoms with Crippen LogP contribution in [0.4, 0.5) is 13.2 Å². The molecule has 0 saturated carbocycles. The van der Waals surface area contributed by atoms with Gasteiger partial charge in [0.1, 0.15) is 29.2 Å². The molecule has 0 aliphatic carbocycles. The molecule has 0 amide bonds. The van der Waals surface area contributed by atoms with Gasteiger partial charge in [-0.2, -0.15) is 13.2 Å². The van der Waals surface area contributed by atoms with Crippen molar-refractivity contribution in [2.45, 2.75) is 19.5 Å². The number of alkyl halides is 3. The summed E-state index contributed by atoms with van der Waals surface area (Å²) >= 11 is 0. The Labute approximate surface area is 200 Å². The molecule has 0 unspecified atom stereocenters. The molecule has 3 aromatic carbocycles. The van der Waals surface area contributed by atoms with Crippen LogP contribution in [-0.2, 0) is 15.8 Å². The Bertz CT molecular complexity index is 1160. The molecule has 184 valence electrons. The summed E-state index contributed by atoms with van der Waals surface area (Å²) < 4.78 is 56.0. The number of hydrogen-bond acceptors (Lipinski definition) is 6. The fourth-order valence-electron chi connectivity index (χ4n) is 2.93. The summed E-state index contributed by atoms with van der Waals surface area (Å²) in [6.07, 6.45) is -2.75. The van der Waals surface area contributed by atoms with Crippen molar-refractivity contribution in [1.82, 2.24) is 5.48 Å². The fourth-order valence-corrected chi connectivity index (χ4v) is 2.93. The number of halogens is 3. The summed E-state index contributed by atoms with van der Waals surface area (Å²) in [5.74, 6) is 0.0527. The normalized spacial score (nSPS) is 11.6. The van der Waals surface area contributed by atoms with Crippen molar-refractivity contribution < 1.29 is 37.0 Å². The minimum Gasteiger partial charge on any atom is -0.465 e. The van der Waals surface area contributed by atoms with Gasteiger partial charge in [0.05, 0.1) is 24.8 Å². The molecule has 0 aliphatic rings. The molecule has 35 heavy (non-hydrogen) atoms. The first-order valence-corrected chi connectivity index (χ1v) is 10.7. The number of hydrogen-bond donors (Lipinski definition) is 1. The highest BCUT2D eigenvalue weighted by atomic mass is 19.4. The van der Waals surface area contributed by atoms with Gasteiger partial charge in [0, 0.05) is 5.56 Å². The summed E-state index contributed by atoms with van der Waals surface area (Å²) in [5, 5.41) is 0. The van der Waals surface area contributed by atoms with Gasteiger partial charge in [-0.3, -0.25) is 10.3 Å². The largest absolute Gasteiger partial charge is 0.465 e. The maximum absolute atomic E-state index is 13.3. The predicted molar refractivity (Wildman–Crippen MR) is 124 cm³/mol. The first-order valence-electron chi connectivity index (χ1n) is 10.7. The number of benzene rings is 3. The Morgan fingerprint density at radius 2 is 1.63 bits per heavy atom. The van der Waals surface area contributed by atoms with Crippen molar-refractivity contribution in [3.63, 3.8) is 0 Å². The number of rotatable bonds is 10. The number of methoxy groups -OCH3 is 1. The monoisotopic (exact) mass is 487 g/mol. The molecule has 6 nitrogen and oxygen atoms in total. The number of carbonyl (C=O) groups excluding carboxylic acids is 1. The third-order valence-corrected chi connectivity index (χ3v) is 4.58. The van der Waals surface area contributed by atoms with Crippen LogP contribution in [0.15, 0.2) is 79.1 Å². The molecule has 3 aromatic rings. The number of esters is 1. The van der Waals surface area contributed by atoms with Gasteiger partial charge in [-0.05, 0) is 48.9 Å². The number of ether oxygens (including phenoxy) is 3. The molecule has 0 heterocycles. The zero-order valence-electron chi connectivity index (χ0n) is 19.1. The summed E-state index contributed by atoms with van der Waals surface area (Å²) in [7, 11) is 1.08. The second-order valence-corrected chi connectivity index (χ2v) is 7.28. The molecule has 9 heteroatoms. The molecular formula is C26H24F3NO5. The van der Waals surface area contributed by atoms with Gasteiger partial charge in [-0.25, -0.2) is 4.79 Å². The van der Waals surface area contributed by atoms with Crippen molar-refractivity contribution in [3.8, 4) is 17.2 Å². The lowest BCUT2D eigenvalue weighted by atomic mass is 10.1. The maximum Gasteiger partial charge on any atom is 0.416 e. The molecule has 0 bridgehead atoms. The van der Waals surface area contributed by atoms with Crippen LogP contribution in [0.3, 0.4) is 0 Å². The Morgan fingerprint density at radius 1 is 0.914 bits per heavy atom. The number of nitrogens with one attached hydrogen (secondary N) is 1. The quantitative estimate of drug-likeness (QED) is 0.151. The van der Waals surface area contributed by atoms with Crippen LogP contribution in [0, 0.1) is 0 Å². The summed E-state index contributed by atoms with van der Waals surface area (Å²) in [5.41, 5.74) is 2.34. The Balaban J connectivity index is 1.92. The molecular weight excluding hydrogens is 463 g/mol. The first kappa shape index (κ1) is 25.6. The van der Waals surface area contributed by atoms with Crippen molar-refractivity contribution in [3.05, 3.63) is 95.7 Å². The third-order valence-electron chi connectivity index (χ3n) is 4.58. The molecule has 3 rings (SSSR count). The van der Waals surface area contributed by atoms with E-state index in [0.29, 0.717) is 35.4 Å². The molecule has 0 saturated heterocycles. The van der Waals surface area contributed by atoms with Crippen molar-refractivity contribution >= 4 is 11.7 Å².